The first kappa shape index (κ1) is 12.9. The molecule has 0 bridgehead atoms. The van der Waals surface area contributed by atoms with Gasteiger partial charge in [0.2, 0.25) is 0 Å². The fourth-order valence-electron chi connectivity index (χ4n) is 3.58. The van der Waals surface area contributed by atoms with Crippen LogP contribution in [0, 0.1) is 5.92 Å². The number of carboxylic acids is 1. The van der Waals surface area contributed by atoms with Crippen molar-refractivity contribution in [2.75, 3.05) is 6.54 Å². The number of aliphatic carboxylic acids is 1. The Labute approximate surface area is 104 Å². The number of hydrogen-bond donors (Lipinski definition) is 1. The number of carbonyl (C=O) groups is 1. The summed E-state index contributed by atoms with van der Waals surface area (Å²) >= 11 is 0. The Kier molecular flexibility index (Phi) is 4.43. The Hall–Kier alpha value is -0.570. The topological polar surface area (TPSA) is 40.5 Å². The molecular weight excluding hydrogens is 214 g/mol. The van der Waals surface area contributed by atoms with Gasteiger partial charge in [0, 0.05) is 12.1 Å². The summed E-state index contributed by atoms with van der Waals surface area (Å²) in [5.74, 6) is -0.744. The molecule has 0 aromatic rings. The number of rotatable bonds is 2. The molecule has 0 aromatic carbocycles. The Bertz CT molecular complexity index is 259. The lowest BCUT2D eigenvalue weighted by atomic mass is 9.94. The van der Waals surface area contributed by atoms with Crippen molar-refractivity contribution in [1.29, 1.82) is 0 Å². The van der Waals surface area contributed by atoms with Gasteiger partial charge in [-0.05, 0) is 32.7 Å². The zero-order valence-corrected chi connectivity index (χ0v) is 10.9. The summed E-state index contributed by atoms with van der Waals surface area (Å²) in [5, 5.41) is 9.17. The molecule has 2 atom stereocenters. The van der Waals surface area contributed by atoms with E-state index in [1.165, 1.54) is 44.9 Å². The molecule has 1 saturated carbocycles. The SMILES string of the molecule is CC1C(C(=O)O)CCN1C1CCCCCCC1. The molecule has 0 aromatic heterocycles. The van der Waals surface area contributed by atoms with Crippen molar-refractivity contribution < 1.29 is 9.90 Å². The number of hydrogen-bond acceptors (Lipinski definition) is 2. The van der Waals surface area contributed by atoms with E-state index in [0.717, 1.165) is 13.0 Å². The number of carboxylic acid groups (broad SMARTS) is 1. The summed E-state index contributed by atoms with van der Waals surface area (Å²) in [6, 6.07) is 0.881. The number of nitrogens with zero attached hydrogens (tertiary/aromatic N) is 1. The van der Waals surface area contributed by atoms with E-state index >= 15 is 0 Å². The molecule has 0 spiro atoms. The molecular formula is C14H25NO2. The van der Waals surface area contributed by atoms with E-state index < -0.39 is 5.97 Å². The summed E-state index contributed by atoms with van der Waals surface area (Å²) < 4.78 is 0. The molecule has 1 aliphatic heterocycles. The van der Waals surface area contributed by atoms with Gasteiger partial charge in [0.05, 0.1) is 5.92 Å². The zero-order valence-electron chi connectivity index (χ0n) is 10.9. The van der Waals surface area contributed by atoms with Crippen molar-refractivity contribution in [3.8, 4) is 0 Å². The highest BCUT2D eigenvalue weighted by atomic mass is 16.4. The molecule has 3 nitrogen and oxygen atoms in total. The van der Waals surface area contributed by atoms with Crippen molar-refractivity contribution >= 4 is 5.97 Å². The predicted molar refractivity (Wildman–Crippen MR) is 68.0 cm³/mol. The van der Waals surface area contributed by atoms with E-state index in [1.807, 2.05) is 0 Å². The van der Waals surface area contributed by atoms with Crippen LogP contribution in [0.3, 0.4) is 0 Å². The van der Waals surface area contributed by atoms with Gasteiger partial charge in [-0.1, -0.05) is 32.1 Å². The lowest BCUT2D eigenvalue weighted by molar-refractivity contribution is -0.142. The second kappa shape index (κ2) is 5.85. The van der Waals surface area contributed by atoms with Gasteiger partial charge in [-0.3, -0.25) is 9.69 Å². The van der Waals surface area contributed by atoms with Crippen LogP contribution in [0.1, 0.15) is 58.3 Å². The third-order valence-electron chi connectivity index (χ3n) is 4.66. The second-order valence-electron chi connectivity index (χ2n) is 5.71. The standard InChI is InChI=1S/C14H25NO2/c1-11-13(14(16)17)9-10-15(11)12-7-5-3-2-4-6-8-12/h11-13H,2-10H2,1H3,(H,16,17). The molecule has 98 valence electrons. The Morgan fingerprint density at radius 1 is 1.06 bits per heavy atom. The van der Waals surface area contributed by atoms with E-state index in [0.29, 0.717) is 6.04 Å². The van der Waals surface area contributed by atoms with Gasteiger partial charge in [-0.15, -0.1) is 0 Å². The van der Waals surface area contributed by atoms with Gasteiger partial charge in [0.15, 0.2) is 0 Å². The summed E-state index contributed by atoms with van der Waals surface area (Å²) in [7, 11) is 0. The third-order valence-corrected chi connectivity index (χ3v) is 4.66. The van der Waals surface area contributed by atoms with Crippen molar-refractivity contribution in [3.63, 3.8) is 0 Å². The van der Waals surface area contributed by atoms with E-state index in [-0.39, 0.29) is 12.0 Å². The first-order valence-corrected chi connectivity index (χ1v) is 7.18. The smallest absolute Gasteiger partial charge is 0.308 e. The van der Waals surface area contributed by atoms with Gasteiger partial charge < -0.3 is 5.11 Å². The minimum absolute atomic E-state index is 0.138. The highest BCUT2D eigenvalue weighted by Crippen LogP contribution is 2.31. The summed E-state index contributed by atoms with van der Waals surface area (Å²) in [5.41, 5.74) is 0. The summed E-state index contributed by atoms with van der Waals surface area (Å²) in [6.07, 6.45) is 10.2. The normalized spacial score (nSPS) is 33.2. The van der Waals surface area contributed by atoms with Crippen LogP contribution in [0.25, 0.3) is 0 Å². The van der Waals surface area contributed by atoms with Crippen molar-refractivity contribution in [2.24, 2.45) is 5.92 Å². The van der Waals surface area contributed by atoms with Crippen LogP contribution in [-0.4, -0.2) is 34.6 Å². The van der Waals surface area contributed by atoms with Gasteiger partial charge in [-0.25, -0.2) is 0 Å². The van der Waals surface area contributed by atoms with Crippen LogP contribution in [0.15, 0.2) is 0 Å². The maximum absolute atomic E-state index is 11.1. The quantitative estimate of drug-likeness (QED) is 0.805. The molecule has 2 rings (SSSR count). The second-order valence-corrected chi connectivity index (χ2v) is 5.71. The molecule has 17 heavy (non-hydrogen) atoms. The zero-order chi connectivity index (χ0) is 12.3. The van der Waals surface area contributed by atoms with Gasteiger partial charge >= 0.3 is 5.97 Å². The molecule has 2 unspecified atom stereocenters. The Balaban J connectivity index is 1.94. The van der Waals surface area contributed by atoms with Crippen molar-refractivity contribution in [2.45, 2.75) is 70.4 Å². The lowest BCUT2D eigenvalue weighted by Crippen LogP contribution is -2.41. The first-order valence-electron chi connectivity index (χ1n) is 7.18. The third kappa shape index (κ3) is 3.01. The monoisotopic (exact) mass is 239 g/mol. The molecule has 1 aliphatic carbocycles. The van der Waals surface area contributed by atoms with Crippen LogP contribution in [-0.2, 0) is 4.79 Å². The van der Waals surface area contributed by atoms with Crippen LogP contribution in [0.5, 0.6) is 0 Å². The maximum atomic E-state index is 11.1. The van der Waals surface area contributed by atoms with Gasteiger partial charge in [-0.2, -0.15) is 0 Å². The van der Waals surface area contributed by atoms with Gasteiger partial charge in [0.1, 0.15) is 0 Å². The molecule has 0 radical (unpaired) electrons. The molecule has 2 aliphatic rings. The minimum Gasteiger partial charge on any atom is -0.481 e. The fourth-order valence-corrected chi connectivity index (χ4v) is 3.58. The van der Waals surface area contributed by atoms with Gasteiger partial charge in [0.25, 0.3) is 0 Å². The average molecular weight is 239 g/mol. The number of likely N-dealkylation sites (tertiary alicyclic amines) is 1. The molecule has 3 heteroatoms. The van der Waals surface area contributed by atoms with E-state index in [4.69, 9.17) is 0 Å². The first-order chi connectivity index (χ1) is 8.20. The van der Waals surface area contributed by atoms with Crippen LogP contribution < -0.4 is 0 Å². The van der Waals surface area contributed by atoms with Crippen molar-refractivity contribution in [1.82, 2.24) is 4.90 Å². The summed E-state index contributed by atoms with van der Waals surface area (Å²) in [6.45, 7) is 3.09. The van der Waals surface area contributed by atoms with E-state index in [2.05, 4.69) is 11.8 Å². The molecule has 2 fully saturated rings. The minimum atomic E-state index is -0.606. The van der Waals surface area contributed by atoms with E-state index in [1.54, 1.807) is 0 Å². The van der Waals surface area contributed by atoms with Crippen molar-refractivity contribution in [3.05, 3.63) is 0 Å². The molecule has 1 N–H and O–H groups in total. The summed E-state index contributed by atoms with van der Waals surface area (Å²) in [4.78, 5) is 13.6. The fraction of sp³-hybridized carbons (Fsp3) is 0.929. The largest absolute Gasteiger partial charge is 0.481 e. The van der Waals surface area contributed by atoms with Crippen LogP contribution in [0.2, 0.25) is 0 Å². The van der Waals surface area contributed by atoms with Crippen LogP contribution in [0.4, 0.5) is 0 Å². The lowest BCUT2D eigenvalue weighted by Gasteiger charge is -2.33. The molecule has 1 heterocycles. The molecule has 0 amide bonds. The van der Waals surface area contributed by atoms with Crippen LogP contribution >= 0.6 is 0 Å². The Morgan fingerprint density at radius 2 is 1.65 bits per heavy atom. The Morgan fingerprint density at radius 3 is 2.18 bits per heavy atom. The highest BCUT2D eigenvalue weighted by Gasteiger charge is 2.38. The van der Waals surface area contributed by atoms with E-state index in [9.17, 15) is 9.90 Å². The maximum Gasteiger partial charge on any atom is 0.308 e. The highest BCUT2D eigenvalue weighted by molar-refractivity contribution is 5.71. The molecule has 1 saturated heterocycles. The predicted octanol–water partition coefficient (Wildman–Crippen LogP) is 2.89. The average Bonchev–Trinajstić information content (AvgIpc) is 2.60.